The lowest BCUT2D eigenvalue weighted by atomic mass is 10.2. The number of hydrogen-bond acceptors (Lipinski definition) is 8. The van der Waals surface area contributed by atoms with E-state index in [4.69, 9.17) is 9.47 Å². The summed E-state index contributed by atoms with van der Waals surface area (Å²) in [5.41, 5.74) is 1.05. The summed E-state index contributed by atoms with van der Waals surface area (Å²) in [6.45, 7) is 2.02. The Hall–Kier alpha value is -2.29. The molecule has 0 spiro atoms. The van der Waals surface area contributed by atoms with Gasteiger partial charge in [0.1, 0.15) is 10.6 Å². The first-order chi connectivity index (χ1) is 10.2. The van der Waals surface area contributed by atoms with E-state index in [1.807, 2.05) is 6.92 Å². The molecular weight excluding hydrogens is 294 g/mol. The number of hydrogen-bond donors (Lipinski definition) is 1. The normalized spacial score (nSPS) is 10.2. The standard InChI is InChI=1S/C12H15N5O3S/c1-4-5-7-9(21-17-16-7)10(18)14-8-6-13-12(20-3)15-11(8)19-2/h6H,4-5H2,1-3H3,(H,14,18). The summed E-state index contributed by atoms with van der Waals surface area (Å²) in [5.74, 6) is -0.0785. The molecular formula is C12H15N5O3S. The molecule has 21 heavy (non-hydrogen) atoms. The van der Waals surface area contributed by atoms with E-state index in [9.17, 15) is 4.79 Å². The number of anilines is 1. The highest BCUT2D eigenvalue weighted by atomic mass is 32.1. The minimum atomic E-state index is -0.305. The summed E-state index contributed by atoms with van der Waals surface area (Å²) < 4.78 is 13.8. The van der Waals surface area contributed by atoms with Crippen molar-refractivity contribution in [1.82, 2.24) is 19.6 Å². The molecule has 0 fully saturated rings. The SMILES string of the molecule is CCCc1nnsc1C(=O)Nc1cnc(OC)nc1OC. The predicted molar refractivity (Wildman–Crippen MR) is 77.0 cm³/mol. The van der Waals surface area contributed by atoms with E-state index in [2.05, 4.69) is 24.9 Å². The summed E-state index contributed by atoms with van der Waals surface area (Å²) in [6.07, 6.45) is 3.02. The second-order valence-electron chi connectivity index (χ2n) is 4.03. The van der Waals surface area contributed by atoms with Crippen molar-refractivity contribution >= 4 is 23.1 Å². The lowest BCUT2D eigenvalue weighted by Crippen LogP contribution is -2.14. The van der Waals surface area contributed by atoms with Crippen LogP contribution in [0.25, 0.3) is 0 Å². The molecule has 0 unspecified atom stereocenters. The summed E-state index contributed by atoms with van der Waals surface area (Å²) >= 11 is 1.06. The zero-order valence-corrected chi connectivity index (χ0v) is 12.7. The molecule has 0 saturated heterocycles. The first kappa shape index (κ1) is 15.1. The van der Waals surface area contributed by atoms with Crippen molar-refractivity contribution in [2.45, 2.75) is 19.8 Å². The van der Waals surface area contributed by atoms with Crippen LogP contribution in [0.3, 0.4) is 0 Å². The van der Waals surface area contributed by atoms with Gasteiger partial charge in [0.05, 0.1) is 26.1 Å². The summed E-state index contributed by atoms with van der Waals surface area (Å²) in [5, 5.41) is 6.66. The molecule has 2 aromatic heterocycles. The fourth-order valence-electron chi connectivity index (χ4n) is 1.65. The zero-order chi connectivity index (χ0) is 15.2. The average Bonchev–Trinajstić information content (AvgIpc) is 2.96. The smallest absolute Gasteiger partial charge is 0.319 e. The Labute approximate surface area is 125 Å². The monoisotopic (exact) mass is 309 g/mol. The Balaban J connectivity index is 2.21. The largest absolute Gasteiger partial charge is 0.479 e. The van der Waals surface area contributed by atoms with Gasteiger partial charge in [-0.15, -0.1) is 5.10 Å². The molecule has 0 aromatic carbocycles. The van der Waals surface area contributed by atoms with Crippen LogP contribution in [-0.2, 0) is 6.42 Å². The van der Waals surface area contributed by atoms with Crippen LogP contribution in [0.1, 0.15) is 28.7 Å². The van der Waals surface area contributed by atoms with Crippen molar-refractivity contribution in [3.05, 3.63) is 16.8 Å². The number of rotatable bonds is 6. The highest BCUT2D eigenvalue weighted by molar-refractivity contribution is 7.08. The van der Waals surface area contributed by atoms with E-state index >= 15 is 0 Å². The van der Waals surface area contributed by atoms with Gasteiger partial charge in [-0.25, -0.2) is 4.98 Å². The fourth-order valence-corrected chi connectivity index (χ4v) is 2.25. The summed E-state index contributed by atoms with van der Waals surface area (Å²) in [4.78, 5) is 20.7. The van der Waals surface area contributed by atoms with E-state index in [1.165, 1.54) is 20.4 Å². The second kappa shape index (κ2) is 6.93. The maximum atomic E-state index is 12.3. The predicted octanol–water partition coefficient (Wildman–Crippen LogP) is 1.55. The third kappa shape index (κ3) is 3.43. The number of aromatic nitrogens is 4. The minimum absolute atomic E-state index is 0.163. The van der Waals surface area contributed by atoms with Gasteiger partial charge in [0, 0.05) is 0 Å². The molecule has 0 atom stereocenters. The Morgan fingerprint density at radius 1 is 1.38 bits per heavy atom. The number of carbonyl (C=O) groups excluding carboxylic acids is 1. The van der Waals surface area contributed by atoms with Crippen molar-refractivity contribution in [2.24, 2.45) is 0 Å². The minimum Gasteiger partial charge on any atom is -0.479 e. The number of carbonyl (C=O) groups is 1. The number of amides is 1. The molecule has 0 aliphatic carbocycles. The molecule has 0 aliphatic rings. The molecule has 2 heterocycles. The van der Waals surface area contributed by atoms with Crippen LogP contribution < -0.4 is 14.8 Å². The number of aryl methyl sites for hydroxylation is 1. The number of nitrogens with one attached hydrogen (secondary N) is 1. The van der Waals surface area contributed by atoms with Gasteiger partial charge in [0.15, 0.2) is 0 Å². The Morgan fingerprint density at radius 2 is 2.19 bits per heavy atom. The van der Waals surface area contributed by atoms with Gasteiger partial charge in [0.25, 0.3) is 5.91 Å². The van der Waals surface area contributed by atoms with Crippen LogP contribution in [0.5, 0.6) is 11.9 Å². The Morgan fingerprint density at radius 3 is 2.86 bits per heavy atom. The first-order valence-electron chi connectivity index (χ1n) is 6.27. The molecule has 0 bridgehead atoms. The number of nitrogens with zero attached hydrogens (tertiary/aromatic N) is 4. The quantitative estimate of drug-likeness (QED) is 0.864. The van der Waals surface area contributed by atoms with E-state index < -0.39 is 0 Å². The van der Waals surface area contributed by atoms with Gasteiger partial charge in [-0.2, -0.15) is 4.98 Å². The van der Waals surface area contributed by atoms with Crippen LogP contribution in [0, 0.1) is 0 Å². The average molecular weight is 309 g/mol. The third-order valence-corrected chi connectivity index (χ3v) is 3.37. The summed E-state index contributed by atoms with van der Waals surface area (Å²) in [6, 6.07) is 0.163. The molecule has 9 heteroatoms. The van der Waals surface area contributed by atoms with Gasteiger partial charge in [0.2, 0.25) is 5.88 Å². The van der Waals surface area contributed by atoms with Crippen LogP contribution in [0.4, 0.5) is 5.69 Å². The Bertz CT molecular complexity index is 631. The maximum absolute atomic E-state index is 12.3. The van der Waals surface area contributed by atoms with E-state index in [0.29, 0.717) is 22.7 Å². The van der Waals surface area contributed by atoms with Gasteiger partial charge in [-0.1, -0.05) is 17.8 Å². The van der Waals surface area contributed by atoms with E-state index in [1.54, 1.807) is 0 Å². The van der Waals surface area contributed by atoms with E-state index in [-0.39, 0.29) is 17.8 Å². The highest BCUT2D eigenvalue weighted by Crippen LogP contribution is 2.24. The fraction of sp³-hybridized carbons (Fsp3) is 0.417. The van der Waals surface area contributed by atoms with Gasteiger partial charge in [-0.05, 0) is 18.0 Å². The topological polar surface area (TPSA) is 99.1 Å². The van der Waals surface area contributed by atoms with Crippen molar-refractivity contribution in [1.29, 1.82) is 0 Å². The highest BCUT2D eigenvalue weighted by Gasteiger charge is 2.18. The molecule has 112 valence electrons. The Kier molecular flexibility index (Phi) is 4.99. The first-order valence-corrected chi connectivity index (χ1v) is 7.04. The van der Waals surface area contributed by atoms with Crippen molar-refractivity contribution < 1.29 is 14.3 Å². The van der Waals surface area contributed by atoms with Gasteiger partial charge >= 0.3 is 6.01 Å². The van der Waals surface area contributed by atoms with Crippen LogP contribution >= 0.6 is 11.5 Å². The van der Waals surface area contributed by atoms with Gasteiger partial charge < -0.3 is 14.8 Å². The molecule has 8 nitrogen and oxygen atoms in total. The molecule has 0 saturated carbocycles. The number of methoxy groups -OCH3 is 2. The molecule has 0 radical (unpaired) electrons. The zero-order valence-electron chi connectivity index (χ0n) is 11.9. The van der Waals surface area contributed by atoms with Crippen molar-refractivity contribution in [3.63, 3.8) is 0 Å². The second-order valence-corrected chi connectivity index (χ2v) is 4.79. The summed E-state index contributed by atoms with van der Waals surface area (Å²) in [7, 11) is 2.90. The van der Waals surface area contributed by atoms with Crippen molar-refractivity contribution in [3.8, 4) is 11.9 Å². The molecule has 1 amide bonds. The van der Waals surface area contributed by atoms with Crippen LogP contribution in [0.2, 0.25) is 0 Å². The third-order valence-electron chi connectivity index (χ3n) is 2.60. The molecule has 2 aromatic rings. The van der Waals surface area contributed by atoms with Crippen LogP contribution in [-0.4, -0.2) is 39.7 Å². The molecule has 2 rings (SSSR count). The maximum Gasteiger partial charge on any atom is 0.319 e. The van der Waals surface area contributed by atoms with E-state index in [0.717, 1.165) is 18.0 Å². The van der Waals surface area contributed by atoms with Gasteiger partial charge in [-0.3, -0.25) is 4.79 Å². The van der Waals surface area contributed by atoms with Crippen LogP contribution in [0.15, 0.2) is 6.20 Å². The lowest BCUT2D eigenvalue weighted by Gasteiger charge is -2.09. The van der Waals surface area contributed by atoms with Crippen molar-refractivity contribution in [2.75, 3.05) is 19.5 Å². The molecule has 1 N–H and O–H groups in total. The lowest BCUT2D eigenvalue weighted by molar-refractivity contribution is 0.102. The molecule has 0 aliphatic heterocycles. The number of ether oxygens (including phenoxy) is 2.